The molecule has 17 aromatic rings. The van der Waals surface area contributed by atoms with Gasteiger partial charge < -0.3 is 0 Å². The summed E-state index contributed by atoms with van der Waals surface area (Å²) >= 11 is 0. The van der Waals surface area contributed by atoms with Crippen LogP contribution in [0.3, 0.4) is 0 Å². The van der Waals surface area contributed by atoms with Crippen molar-refractivity contribution in [1.29, 1.82) is 0 Å². The molecule has 0 radical (unpaired) electrons. The Balaban J connectivity index is -0.0000000914. The highest BCUT2D eigenvalue weighted by molar-refractivity contribution is 5.85. The topological polar surface area (TPSA) is 0 Å². The molecule has 0 heterocycles. The van der Waals surface area contributed by atoms with Crippen molar-refractivity contribution in [2.75, 3.05) is 0 Å². The van der Waals surface area contributed by atoms with Gasteiger partial charge in [0.15, 0.2) is 0 Å². The van der Waals surface area contributed by atoms with Crippen molar-refractivity contribution in [1.82, 2.24) is 0 Å². The summed E-state index contributed by atoms with van der Waals surface area (Å²) < 4.78 is 0. The SMILES string of the molecule is CC.CC.CC.CC.CC.CC.CC.CC.CC.CC.CC.CC.CC.CC.CC.CC.CC.CC.CC.c1ccc2ccccc2c1.c1ccc2ccccc2c1.c1ccc2ccccc2c1.c1ccc2ccccc2c1.c1ccc2ccccc2c1.c1ccccc1.c1ccccc1.c1ccccc1.c1ccccc1.c1ccccc1.c1ccccc1.c1ccccc1. The fourth-order valence-electron chi connectivity index (χ4n) is 8.36. The third-order valence-corrected chi connectivity index (χ3v) is 13.0. The van der Waals surface area contributed by atoms with Crippen molar-refractivity contribution in [2.24, 2.45) is 0 Å². The van der Waals surface area contributed by atoms with Gasteiger partial charge >= 0.3 is 0 Å². The number of fused-ring (bicyclic) bond motifs is 5. The third-order valence-electron chi connectivity index (χ3n) is 13.0. The van der Waals surface area contributed by atoms with Crippen LogP contribution in [0.15, 0.2) is 497 Å². The first-order valence-corrected chi connectivity index (χ1v) is 50.0. The van der Waals surface area contributed by atoms with E-state index in [1.54, 1.807) is 0 Å². The molecule has 0 N–H and O–H groups in total. The minimum absolute atomic E-state index is 1.31. The number of rotatable bonds is 0. The summed E-state index contributed by atoms with van der Waals surface area (Å²) in [5.41, 5.74) is 0. The molecule has 0 aliphatic rings. The largest absolute Gasteiger partial charge is 0.0683 e. The second-order valence-corrected chi connectivity index (χ2v) is 19.8. The van der Waals surface area contributed by atoms with Gasteiger partial charge in [-0.15, -0.1) is 0 Å². The lowest BCUT2D eigenvalue weighted by Gasteiger charge is -1.92. The molecule has 0 unspecified atom stereocenters. The van der Waals surface area contributed by atoms with Crippen LogP contribution in [0.4, 0.5) is 0 Å². The molecule has 17 aromatic carbocycles. The predicted octanol–water partition coefficient (Wildman–Crippen LogP) is 45.5. The molecule has 0 bridgehead atoms. The van der Waals surface area contributed by atoms with E-state index in [0.717, 1.165) is 0 Å². The van der Waals surface area contributed by atoms with Gasteiger partial charge in [-0.2, -0.15) is 0 Å². The van der Waals surface area contributed by atoms with E-state index < -0.39 is 0 Å². The van der Waals surface area contributed by atoms with Crippen LogP contribution in [0.25, 0.3) is 53.9 Å². The Morgan fingerprint density at radius 1 is 0.0538 bits per heavy atom. The van der Waals surface area contributed by atoms with Gasteiger partial charge in [0.2, 0.25) is 0 Å². The van der Waals surface area contributed by atoms with Crippen molar-refractivity contribution in [3.63, 3.8) is 0 Å². The first-order chi connectivity index (χ1) is 64.8. The molecule has 0 aliphatic carbocycles. The maximum absolute atomic E-state index is 2.12. The Hall–Kier alpha value is -12.0. The minimum atomic E-state index is 1.31. The predicted molar refractivity (Wildman–Crippen MR) is 620 cm³/mol. The molecular weight excluding hydrogens is 1560 g/mol. The van der Waals surface area contributed by atoms with E-state index in [-0.39, 0.29) is 0 Å². The quantitative estimate of drug-likeness (QED) is 0.142. The molecule has 17 rings (SSSR count). The standard InChI is InChI=1S/5C10H8.7C6H6.19C2H6/c5*1-2-6-10-8-4-3-7-9(10)5-1;7*1-2-4-6-5-3-1;19*1-2/h5*1-8H;7*1-6H;19*1-2H3. The Labute approximate surface area is 809 Å². The molecule has 716 valence electrons. The fourth-order valence-corrected chi connectivity index (χ4v) is 8.36. The van der Waals surface area contributed by atoms with Crippen molar-refractivity contribution in [3.8, 4) is 0 Å². The van der Waals surface area contributed by atoms with E-state index in [4.69, 9.17) is 0 Å². The Bertz CT molecular complexity index is 3140. The van der Waals surface area contributed by atoms with Gasteiger partial charge in [0.25, 0.3) is 0 Å². The van der Waals surface area contributed by atoms with Crippen molar-refractivity contribution in [2.45, 2.75) is 263 Å². The summed E-state index contributed by atoms with van der Waals surface area (Å²) in [6.45, 7) is 76.0. The van der Waals surface area contributed by atoms with Crippen LogP contribution >= 0.6 is 0 Å². The minimum Gasteiger partial charge on any atom is -0.0683 e. The van der Waals surface area contributed by atoms with Crippen molar-refractivity contribution >= 4 is 53.9 Å². The average Bonchev–Trinajstić information content (AvgIpc) is 0.900. The maximum atomic E-state index is 2.12. The number of benzene rings is 17. The molecule has 0 amide bonds. The highest BCUT2D eigenvalue weighted by atomic mass is 13.9. The molecule has 0 saturated carbocycles. The molecular formula is C130H196. The first kappa shape index (κ1) is 149. The summed E-state index contributed by atoms with van der Waals surface area (Å²) in [7, 11) is 0. The third kappa shape index (κ3) is 107. The van der Waals surface area contributed by atoms with Gasteiger partial charge in [-0.1, -0.05) is 761 Å². The van der Waals surface area contributed by atoms with E-state index >= 15 is 0 Å². The van der Waals surface area contributed by atoms with Crippen LogP contribution in [0, 0.1) is 0 Å². The molecule has 130 heavy (non-hydrogen) atoms. The summed E-state index contributed by atoms with van der Waals surface area (Å²) in [5.74, 6) is 0. The van der Waals surface area contributed by atoms with Crippen molar-refractivity contribution in [3.05, 3.63) is 497 Å². The average molecular weight is 1760 g/mol. The van der Waals surface area contributed by atoms with Crippen LogP contribution in [0.5, 0.6) is 0 Å². The van der Waals surface area contributed by atoms with Gasteiger partial charge in [-0.25, -0.2) is 0 Å². The zero-order valence-corrected chi connectivity index (χ0v) is 90.3. The zero-order valence-electron chi connectivity index (χ0n) is 90.3. The van der Waals surface area contributed by atoms with Crippen LogP contribution in [-0.4, -0.2) is 0 Å². The normalized spacial score (nSPS) is 7.31. The van der Waals surface area contributed by atoms with E-state index in [0.29, 0.717) is 0 Å². The van der Waals surface area contributed by atoms with E-state index in [2.05, 4.69) is 243 Å². The number of hydrogen-bond acceptors (Lipinski definition) is 0. The molecule has 0 spiro atoms. The van der Waals surface area contributed by atoms with Crippen LogP contribution in [0.2, 0.25) is 0 Å². The zero-order chi connectivity index (χ0) is 102. The molecule has 0 aromatic heterocycles. The Kier molecular flexibility index (Phi) is 181. The van der Waals surface area contributed by atoms with Gasteiger partial charge in [0.05, 0.1) is 0 Å². The van der Waals surface area contributed by atoms with Crippen LogP contribution in [-0.2, 0) is 0 Å². The highest BCUT2D eigenvalue weighted by Gasteiger charge is 1.89. The fraction of sp³-hybridized carbons (Fsp3) is 0.292. The monoisotopic (exact) mass is 1760 g/mol. The lowest BCUT2D eigenvalue weighted by molar-refractivity contribution is 1.50. The molecule has 0 nitrogen and oxygen atoms in total. The summed E-state index contributed by atoms with van der Waals surface area (Å²) in [5, 5.41) is 13.1. The molecule has 0 saturated heterocycles. The van der Waals surface area contributed by atoms with E-state index in [1.807, 2.05) is 518 Å². The van der Waals surface area contributed by atoms with Gasteiger partial charge in [-0.3, -0.25) is 0 Å². The van der Waals surface area contributed by atoms with E-state index in [9.17, 15) is 0 Å². The summed E-state index contributed by atoms with van der Waals surface area (Å²) in [4.78, 5) is 0. The Morgan fingerprint density at radius 3 is 0.115 bits per heavy atom. The smallest absolute Gasteiger partial charge is 0.0184 e. The summed E-state index contributed by atoms with van der Waals surface area (Å²) in [6, 6.07) is 168. The molecule has 0 atom stereocenters. The van der Waals surface area contributed by atoms with Gasteiger partial charge in [0.1, 0.15) is 0 Å². The van der Waals surface area contributed by atoms with Gasteiger partial charge in [-0.05, 0) is 53.9 Å². The van der Waals surface area contributed by atoms with E-state index in [1.165, 1.54) is 53.9 Å². The first-order valence-electron chi connectivity index (χ1n) is 50.0. The molecule has 0 heteroatoms. The van der Waals surface area contributed by atoms with Crippen LogP contribution < -0.4 is 0 Å². The molecule has 0 aliphatic heterocycles. The van der Waals surface area contributed by atoms with Gasteiger partial charge in [0, 0.05) is 0 Å². The van der Waals surface area contributed by atoms with Crippen LogP contribution in [0.1, 0.15) is 263 Å². The second-order valence-electron chi connectivity index (χ2n) is 19.8. The second kappa shape index (κ2) is 157. The maximum Gasteiger partial charge on any atom is -0.0184 e. The number of hydrogen-bond donors (Lipinski definition) is 0. The lowest BCUT2D eigenvalue weighted by Crippen LogP contribution is -1.67. The lowest BCUT2D eigenvalue weighted by atomic mass is 10.1. The summed E-state index contributed by atoms with van der Waals surface area (Å²) in [6.07, 6.45) is 0. The molecule has 0 fully saturated rings. The Morgan fingerprint density at radius 2 is 0.0846 bits per heavy atom. The highest BCUT2D eigenvalue weighted by Crippen LogP contribution is 2.15. The van der Waals surface area contributed by atoms with Crippen molar-refractivity contribution < 1.29 is 0 Å².